The first kappa shape index (κ1) is 14.0. The molecule has 17 heavy (non-hydrogen) atoms. The molecule has 1 unspecified atom stereocenters. The molecule has 1 atom stereocenters. The van der Waals surface area contributed by atoms with E-state index in [0.29, 0.717) is 6.42 Å². The van der Waals surface area contributed by atoms with E-state index in [1.807, 2.05) is 18.7 Å². The number of piperidine rings is 1. The predicted molar refractivity (Wildman–Crippen MR) is 66.6 cm³/mol. The van der Waals surface area contributed by atoms with Gasteiger partial charge in [0.1, 0.15) is 0 Å². The number of likely N-dealkylation sites (N-methyl/N-ethyl adjacent to an activating group) is 1. The number of carbonyl (C=O) groups is 2. The standard InChI is InChI=1S/C12H23N3O2/c1-4-11(16)14-10-5-7-15(8-6-10)12(17)9(2)13-3/h9-10,13H,4-8H2,1-3H3,(H,14,16). The zero-order valence-electron chi connectivity index (χ0n) is 11.0. The van der Waals surface area contributed by atoms with Crippen LogP contribution < -0.4 is 10.6 Å². The molecule has 1 rings (SSSR count). The van der Waals surface area contributed by atoms with Crippen molar-refractivity contribution in [2.45, 2.75) is 45.2 Å². The third kappa shape index (κ3) is 4.00. The molecule has 0 saturated carbocycles. The van der Waals surface area contributed by atoms with Crippen LogP contribution in [0, 0.1) is 0 Å². The van der Waals surface area contributed by atoms with Crippen molar-refractivity contribution >= 4 is 11.8 Å². The number of carbonyl (C=O) groups excluding carboxylic acids is 2. The third-order valence-electron chi connectivity index (χ3n) is 3.30. The van der Waals surface area contributed by atoms with Crippen molar-refractivity contribution in [3.8, 4) is 0 Å². The van der Waals surface area contributed by atoms with Crippen molar-refractivity contribution in [3.63, 3.8) is 0 Å². The molecule has 0 aromatic heterocycles. The van der Waals surface area contributed by atoms with Crippen LogP contribution in [0.2, 0.25) is 0 Å². The molecule has 0 bridgehead atoms. The lowest BCUT2D eigenvalue weighted by atomic mass is 10.0. The minimum Gasteiger partial charge on any atom is -0.353 e. The van der Waals surface area contributed by atoms with Crippen LogP contribution in [-0.2, 0) is 9.59 Å². The highest BCUT2D eigenvalue weighted by Crippen LogP contribution is 2.11. The quantitative estimate of drug-likeness (QED) is 0.734. The first-order chi connectivity index (χ1) is 8.08. The minimum absolute atomic E-state index is 0.0957. The number of hydrogen-bond donors (Lipinski definition) is 2. The van der Waals surface area contributed by atoms with Crippen LogP contribution in [0.3, 0.4) is 0 Å². The maximum Gasteiger partial charge on any atom is 0.239 e. The second-order valence-corrected chi connectivity index (χ2v) is 4.53. The van der Waals surface area contributed by atoms with Gasteiger partial charge in [0.25, 0.3) is 0 Å². The number of rotatable bonds is 4. The zero-order valence-corrected chi connectivity index (χ0v) is 11.0. The Morgan fingerprint density at radius 1 is 1.35 bits per heavy atom. The monoisotopic (exact) mass is 241 g/mol. The normalized spacial score (nSPS) is 18.9. The Bertz CT molecular complexity index is 273. The molecule has 1 fully saturated rings. The van der Waals surface area contributed by atoms with Crippen molar-refractivity contribution in [1.29, 1.82) is 0 Å². The van der Waals surface area contributed by atoms with Crippen LogP contribution in [0.15, 0.2) is 0 Å². The van der Waals surface area contributed by atoms with Gasteiger partial charge < -0.3 is 15.5 Å². The summed E-state index contributed by atoms with van der Waals surface area (Å²) in [6, 6.07) is 0.105. The van der Waals surface area contributed by atoms with E-state index in [9.17, 15) is 9.59 Å². The van der Waals surface area contributed by atoms with Crippen LogP contribution >= 0.6 is 0 Å². The van der Waals surface area contributed by atoms with E-state index >= 15 is 0 Å². The lowest BCUT2D eigenvalue weighted by Crippen LogP contribution is -2.50. The summed E-state index contributed by atoms with van der Waals surface area (Å²) >= 11 is 0. The van der Waals surface area contributed by atoms with E-state index in [-0.39, 0.29) is 23.9 Å². The van der Waals surface area contributed by atoms with Crippen molar-refractivity contribution in [2.75, 3.05) is 20.1 Å². The molecule has 2 N–H and O–H groups in total. The van der Waals surface area contributed by atoms with Gasteiger partial charge in [-0.3, -0.25) is 9.59 Å². The molecule has 1 heterocycles. The van der Waals surface area contributed by atoms with Crippen molar-refractivity contribution in [3.05, 3.63) is 0 Å². The number of hydrogen-bond acceptors (Lipinski definition) is 3. The molecular weight excluding hydrogens is 218 g/mol. The summed E-state index contributed by atoms with van der Waals surface area (Å²) in [5, 5.41) is 5.93. The lowest BCUT2D eigenvalue weighted by Gasteiger charge is -2.33. The molecule has 0 aromatic carbocycles. The first-order valence-electron chi connectivity index (χ1n) is 6.33. The van der Waals surface area contributed by atoms with Gasteiger partial charge in [-0.1, -0.05) is 6.92 Å². The maximum atomic E-state index is 11.9. The second-order valence-electron chi connectivity index (χ2n) is 4.53. The molecule has 1 aliphatic rings. The highest BCUT2D eigenvalue weighted by molar-refractivity contribution is 5.81. The van der Waals surface area contributed by atoms with Gasteiger partial charge in [-0.15, -0.1) is 0 Å². The van der Waals surface area contributed by atoms with E-state index in [2.05, 4.69) is 10.6 Å². The van der Waals surface area contributed by atoms with Crippen LogP contribution in [0.25, 0.3) is 0 Å². The van der Waals surface area contributed by atoms with Crippen molar-refractivity contribution < 1.29 is 9.59 Å². The summed E-state index contributed by atoms with van der Waals surface area (Å²) in [5.41, 5.74) is 0. The molecule has 0 aliphatic carbocycles. The maximum absolute atomic E-state index is 11.9. The minimum atomic E-state index is -0.128. The molecule has 5 nitrogen and oxygen atoms in total. The van der Waals surface area contributed by atoms with Crippen molar-refractivity contribution in [2.24, 2.45) is 0 Å². The number of likely N-dealkylation sites (tertiary alicyclic amines) is 1. The predicted octanol–water partition coefficient (Wildman–Crippen LogP) is 0.112. The molecule has 1 aliphatic heterocycles. The van der Waals surface area contributed by atoms with E-state index in [1.54, 1.807) is 7.05 Å². The smallest absolute Gasteiger partial charge is 0.239 e. The molecule has 0 radical (unpaired) electrons. The molecular formula is C12H23N3O2. The van der Waals surface area contributed by atoms with Gasteiger partial charge in [0.2, 0.25) is 11.8 Å². The fourth-order valence-electron chi connectivity index (χ4n) is 1.97. The molecule has 2 amide bonds. The van der Waals surface area contributed by atoms with Crippen LogP contribution in [0.4, 0.5) is 0 Å². The van der Waals surface area contributed by atoms with Crippen LogP contribution in [0.1, 0.15) is 33.1 Å². The second kappa shape index (κ2) is 6.59. The van der Waals surface area contributed by atoms with Crippen LogP contribution in [-0.4, -0.2) is 48.9 Å². The SMILES string of the molecule is CCC(=O)NC1CCN(C(=O)C(C)NC)CC1. The largest absolute Gasteiger partial charge is 0.353 e. The lowest BCUT2D eigenvalue weighted by molar-refractivity contribution is -0.134. The first-order valence-corrected chi connectivity index (χ1v) is 6.33. The fourth-order valence-corrected chi connectivity index (χ4v) is 1.97. The Labute approximate surface area is 103 Å². The van der Waals surface area contributed by atoms with Gasteiger partial charge in [0.15, 0.2) is 0 Å². The van der Waals surface area contributed by atoms with Gasteiger partial charge in [-0.25, -0.2) is 0 Å². The van der Waals surface area contributed by atoms with E-state index in [0.717, 1.165) is 25.9 Å². The Morgan fingerprint density at radius 2 is 1.94 bits per heavy atom. The summed E-state index contributed by atoms with van der Waals surface area (Å²) < 4.78 is 0. The van der Waals surface area contributed by atoms with Gasteiger partial charge in [0, 0.05) is 25.6 Å². The van der Waals surface area contributed by atoms with Crippen LogP contribution in [0.5, 0.6) is 0 Å². The fraction of sp³-hybridized carbons (Fsp3) is 0.833. The highest BCUT2D eigenvalue weighted by Gasteiger charge is 2.25. The topological polar surface area (TPSA) is 61.4 Å². The average Bonchev–Trinajstić information content (AvgIpc) is 2.37. The van der Waals surface area contributed by atoms with Crippen molar-refractivity contribution in [1.82, 2.24) is 15.5 Å². The summed E-state index contributed by atoms with van der Waals surface area (Å²) in [6.45, 7) is 5.19. The van der Waals surface area contributed by atoms with Gasteiger partial charge in [0.05, 0.1) is 6.04 Å². The highest BCUT2D eigenvalue weighted by atomic mass is 16.2. The number of nitrogens with zero attached hydrogens (tertiary/aromatic N) is 1. The Balaban J connectivity index is 2.35. The number of amides is 2. The molecule has 1 saturated heterocycles. The Hall–Kier alpha value is -1.10. The molecule has 5 heteroatoms. The average molecular weight is 241 g/mol. The van der Waals surface area contributed by atoms with E-state index in [4.69, 9.17) is 0 Å². The summed E-state index contributed by atoms with van der Waals surface area (Å²) in [6.07, 6.45) is 2.23. The molecule has 0 aromatic rings. The number of nitrogens with one attached hydrogen (secondary N) is 2. The Kier molecular flexibility index (Phi) is 5.41. The van der Waals surface area contributed by atoms with E-state index < -0.39 is 0 Å². The summed E-state index contributed by atoms with van der Waals surface area (Å²) in [4.78, 5) is 25.0. The van der Waals surface area contributed by atoms with Gasteiger partial charge in [-0.2, -0.15) is 0 Å². The summed E-state index contributed by atoms with van der Waals surface area (Å²) in [7, 11) is 1.79. The molecule has 0 spiro atoms. The van der Waals surface area contributed by atoms with E-state index in [1.165, 1.54) is 0 Å². The Morgan fingerprint density at radius 3 is 2.41 bits per heavy atom. The molecule has 98 valence electrons. The zero-order chi connectivity index (χ0) is 12.8. The van der Waals surface area contributed by atoms with Gasteiger partial charge >= 0.3 is 0 Å². The third-order valence-corrected chi connectivity index (χ3v) is 3.30. The summed E-state index contributed by atoms with van der Waals surface area (Å²) in [5.74, 6) is 0.242. The van der Waals surface area contributed by atoms with Gasteiger partial charge in [-0.05, 0) is 26.8 Å².